The molecule has 2 amide bonds. The van der Waals surface area contributed by atoms with Crippen LogP contribution in [0.3, 0.4) is 0 Å². The number of guanidine groups is 1. The van der Waals surface area contributed by atoms with E-state index in [-0.39, 0.29) is 6.03 Å². The van der Waals surface area contributed by atoms with Gasteiger partial charge < -0.3 is 20.9 Å². The van der Waals surface area contributed by atoms with Gasteiger partial charge in [0.1, 0.15) is 0 Å². The molecular formula is C20H28N6OS. The molecule has 1 aromatic heterocycles. The summed E-state index contributed by atoms with van der Waals surface area (Å²) in [5, 5.41) is 10.7. The molecule has 28 heavy (non-hydrogen) atoms. The smallest absolute Gasteiger partial charge is 0.321 e. The number of benzene rings is 1. The number of hydrogen-bond acceptors (Lipinski definition) is 4. The highest BCUT2D eigenvalue weighted by Gasteiger charge is 2.17. The SMILES string of the molecule is CN=C(NCCc1ncc(C)s1)NCc1cccc(NC(=O)N2CCCC2)c1. The molecule has 1 aromatic carbocycles. The van der Waals surface area contributed by atoms with Gasteiger partial charge >= 0.3 is 6.03 Å². The Bertz CT molecular complexity index is 813. The van der Waals surface area contributed by atoms with Crippen LogP contribution in [0.5, 0.6) is 0 Å². The van der Waals surface area contributed by atoms with Crippen LogP contribution < -0.4 is 16.0 Å². The highest BCUT2D eigenvalue weighted by molar-refractivity contribution is 7.11. The number of aromatic nitrogens is 1. The molecule has 2 aromatic rings. The van der Waals surface area contributed by atoms with Crippen molar-refractivity contribution in [2.75, 3.05) is 32.0 Å². The maximum absolute atomic E-state index is 12.2. The molecule has 0 aliphatic carbocycles. The number of likely N-dealkylation sites (tertiary alicyclic amines) is 1. The van der Waals surface area contributed by atoms with Crippen LogP contribution in [0.4, 0.5) is 10.5 Å². The molecule has 0 spiro atoms. The summed E-state index contributed by atoms with van der Waals surface area (Å²) in [7, 11) is 1.76. The first kappa shape index (κ1) is 20.1. The topological polar surface area (TPSA) is 81.6 Å². The molecule has 3 rings (SSSR count). The van der Waals surface area contributed by atoms with Crippen LogP contribution in [0.25, 0.3) is 0 Å². The lowest BCUT2D eigenvalue weighted by Gasteiger charge is -2.17. The van der Waals surface area contributed by atoms with E-state index in [2.05, 4.69) is 32.9 Å². The molecule has 0 unspecified atom stereocenters. The molecule has 0 radical (unpaired) electrons. The molecule has 8 heteroatoms. The first-order valence-electron chi connectivity index (χ1n) is 9.65. The van der Waals surface area contributed by atoms with Gasteiger partial charge in [-0.2, -0.15) is 0 Å². The first-order valence-corrected chi connectivity index (χ1v) is 10.5. The Morgan fingerprint density at radius 3 is 2.82 bits per heavy atom. The zero-order valence-electron chi connectivity index (χ0n) is 16.5. The first-order chi connectivity index (χ1) is 13.6. The number of urea groups is 1. The van der Waals surface area contributed by atoms with Crippen LogP contribution in [0, 0.1) is 6.92 Å². The second kappa shape index (κ2) is 10.1. The number of hydrogen-bond donors (Lipinski definition) is 3. The van der Waals surface area contributed by atoms with Crippen molar-refractivity contribution in [3.05, 3.63) is 45.9 Å². The molecule has 0 atom stereocenters. The van der Waals surface area contributed by atoms with Gasteiger partial charge in [-0.1, -0.05) is 12.1 Å². The van der Waals surface area contributed by atoms with Crippen LogP contribution in [-0.4, -0.2) is 48.6 Å². The van der Waals surface area contributed by atoms with Crippen molar-refractivity contribution in [3.8, 4) is 0 Å². The average molecular weight is 401 g/mol. The number of carbonyl (C=O) groups is 1. The third-order valence-corrected chi connectivity index (χ3v) is 5.53. The van der Waals surface area contributed by atoms with Crippen molar-refractivity contribution >= 4 is 29.0 Å². The van der Waals surface area contributed by atoms with Crippen LogP contribution >= 0.6 is 11.3 Å². The van der Waals surface area contributed by atoms with Crippen molar-refractivity contribution in [2.45, 2.75) is 32.7 Å². The Morgan fingerprint density at radius 1 is 1.29 bits per heavy atom. The number of amides is 2. The predicted molar refractivity (Wildman–Crippen MR) is 115 cm³/mol. The van der Waals surface area contributed by atoms with Gasteiger partial charge in [0.25, 0.3) is 0 Å². The van der Waals surface area contributed by atoms with E-state index in [9.17, 15) is 4.79 Å². The number of rotatable bonds is 6. The van der Waals surface area contributed by atoms with Gasteiger partial charge in [0.05, 0.1) is 5.01 Å². The standard InChI is InChI=1S/C20H28N6OS/c1-15-13-23-18(28-15)8-9-22-19(21-2)24-14-16-6-5-7-17(12-16)25-20(27)26-10-3-4-11-26/h5-7,12-13H,3-4,8-11,14H2,1-2H3,(H,25,27)(H2,21,22,24). The van der Waals surface area contributed by atoms with Crippen LogP contribution in [0.1, 0.15) is 28.3 Å². The quantitative estimate of drug-likeness (QED) is 0.514. The van der Waals surface area contributed by atoms with Gasteiger partial charge in [-0.05, 0) is 37.5 Å². The molecule has 150 valence electrons. The van der Waals surface area contributed by atoms with Gasteiger partial charge in [-0.3, -0.25) is 4.99 Å². The van der Waals surface area contributed by atoms with E-state index in [1.165, 1.54) is 4.88 Å². The van der Waals surface area contributed by atoms with Crippen molar-refractivity contribution in [2.24, 2.45) is 4.99 Å². The van der Waals surface area contributed by atoms with Crippen molar-refractivity contribution in [3.63, 3.8) is 0 Å². The summed E-state index contributed by atoms with van der Waals surface area (Å²) < 4.78 is 0. The third kappa shape index (κ3) is 5.95. The van der Waals surface area contributed by atoms with E-state index in [0.29, 0.717) is 6.54 Å². The van der Waals surface area contributed by atoms with Crippen molar-refractivity contribution in [1.82, 2.24) is 20.5 Å². The van der Waals surface area contributed by atoms with Gasteiger partial charge in [-0.25, -0.2) is 9.78 Å². The molecule has 0 saturated carbocycles. The van der Waals surface area contributed by atoms with Crippen LogP contribution in [0.15, 0.2) is 35.5 Å². The summed E-state index contributed by atoms with van der Waals surface area (Å²) in [6.45, 7) is 5.16. The predicted octanol–water partition coefficient (Wildman–Crippen LogP) is 2.99. The number of aliphatic imine (C=N–C) groups is 1. The highest BCUT2D eigenvalue weighted by atomic mass is 32.1. The Kier molecular flexibility index (Phi) is 7.25. The summed E-state index contributed by atoms with van der Waals surface area (Å²) in [6, 6.07) is 7.88. The number of thiazole rings is 1. The normalized spacial score (nSPS) is 14.2. The molecule has 7 nitrogen and oxygen atoms in total. The fourth-order valence-corrected chi connectivity index (χ4v) is 3.88. The molecular weight excluding hydrogens is 372 g/mol. The van der Waals surface area contributed by atoms with E-state index in [1.54, 1.807) is 18.4 Å². The van der Waals surface area contributed by atoms with E-state index in [4.69, 9.17) is 0 Å². The van der Waals surface area contributed by atoms with E-state index in [1.807, 2.05) is 35.4 Å². The molecule has 1 fully saturated rings. The Hall–Kier alpha value is -2.61. The van der Waals surface area contributed by atoms with Gasteiger partial charge in [-0.15, -0.1) is 11.3 Å². The number of anilines is 1. The monoisotopic (exact) mass is 400 g/mol. The van der Waals surface area contributed by atoms with Gasteiger partial charge in [0, 0.05) is 56.4 Å². The lowest BCUT2D eigenvalue weighted by atomic mass is 10.2. The molecule has 1 aliphatic heterocycles. The number of carbonyl (C=O) groups excluding carboxylic acids is 1. The second-order valence-corrected chi connectivity index (χ2v) is 8.11. The molecule has 1 saturated heterocycles. The fourth-order valence-electron chi connectivity index (χ4n) is 3.09. The minimum atomic E-state index is -0.0162. The summed E-state index contributed by atoms with van der Waals surface area (Å²) in [6.07, 6.45) is 4.96. The minimum absolute atomic E-state index is 0.0162. The zero-order chi connectivity index (χ0) is 19.8. The van der Waals surface area contributed by atoms with Crippen molar-refractivity contribution in [1.29, 1.82) is 0 Å². The zero-order valence-corrected chi connectivity index (χ0v) is 17.3. The molecule has 0 bridgehead atoms. The summed E-state index contributed by atoms with van der Waals surface area (Å²) in [5.41, 5.74) is 1.90. The van der Waals surface area contributed by atoms with Crippen molar-refractivity contribution < 1.29 is 4.79 Å². The summed E-state index contributed by atoms with van der Waals surface area (Å²) >= 11 is 1.72. The van der Waals surface area contributed by atoms with E-state index >= 15 is 0 Å². The minimum Gasteiger partial charge on any atom is -0.356 e. The summed E-state index contributed by atoms with van der Waals surface area (Å²) in [5.74, 6) is 0.750. The molecule has 1 aliphatic rings. The van der Waals surface area contributed by atoms with Crippen LogP contribution in [-0.2, 0) is 13.0 Å². The number of aryl methyl sites for hydroxylation is 1. The Balaban J connectivity index is 1.45. The van der Waals surface area contributed by atoms with E-state index < -0.39 is 0 Å². The maximum Gasteiger partial charge on any atom is 0.321 e. The number of nitrogens with one attached hydrogen (secondary N) is 3. The Labute approximate surface area is 170 Å². The van der Waals surface area contributed by atoms with Gasteiger partial charge in [0.15, 0.2) is 5.96 Å². The Morgan fingerprint density at radius 2 is 2.11 bits per heavy atom. The van der Waals surface area contributed by atoms with Crippen LogP contribution in [0.2, 0.25) is 0 Å². The molecule has 2 heterocycles. The third-order valence-electron chi connectivity index (χ3n) is 4.56. The second-order valence-electron chi connectivity index (χ2n) is 6.79. The lowest BCUT2D eigenvalue weighted by Crippen LogP contribution is -2.37. The maximum atomic E-state index is 12.2. The fraction of sp³-hybridized carbons (Fsp3) is 0.450. The average Bonchev–Trinajstić information content (AvgIpc) is 3.37. The summed E-state index contributed by atoms with van der Waals surface area (Å²) in [4.78, 5) is 24.0. The highest BCUT2D eigenvalue weighted by Crippen LogP contribution is 2.14. The van der Waals surface area contributed by atoms with E-state index in [0.717, 1.165) is 61.1 Å². The number of nitrogens with zero attached hydrogens (tertiary/aromatic N) is 3. The van der Waals surface area contributed by atoms with Gasteiger partial charge in [0.2, 0.25) is 0 Å². The largest absolute Gasteiger partial charge is 0.356 e. The lowest BCUT2D eigenvalue weighted by molar-refractivity contribution is 0.222. The molecule has 3 N–H and O–H groups in total.